The molecule has 3 N–H and O–H groups in total. The van der Waals surface area contributed by atoms with Crippen molar-refractivity contribution in [3.05, 3.63) is 59.6 Å². The predicted octanol–water partition coefficient (Wildman–Crippen LogP) is 5.15. The van der Waals surface area contributed by atoms with Gasteiger partial charge in [0, 0.05) is 30.2 Å². The first kappa shape index (κ1) is 27.2. The second kappa shape index (κ2) is 13.0. The van der Waals surface area contributed by atoms with E-state index in [4.69, 9.17) is 19.9 Å². The van der Waals surface area contributed by atoms with E-state index in [0.29, 0.717) is 18.0 Å². The average molecular weight is 494 g/mol. The molecule has 0 fully saturated rings. The van der Waals surface area contributed by atoms with Crippen LogP contribution in [0.15, 0.2) is 42.7 Å². The van der Waals surface area contributed by atoms with E-state index in [1.54, 1.807) is 31.6 Å². The van der Waals surface area contributed by atoms with Crippen molar-refractivity contribution in [3.63, 3.8) is 0 Å². The number of carbonyl (C=O) groups is 1. The van der Waals surface area contributed by atoms with E-state index in [0.717, 1.165) is 55.7 Å². The first-order valence-corrected chi connectivity index (χ1v) is 12.7. The number of fused-ring (bicyclic) bond motifs is 1. The number of aromatic nitrogens is 2. The van der Waals surface area contributed by atoms with Crippen molar-refractivity contribution < 1.29 is 14.3 Å². The summed E-state index contributed by atoms with van der Waals surface area (Å²) in [5.41, 5.74) is 3.23. The van der Waals surface area contributed by atoms with Crippen LogP contribution in [0, 0.1) is 5.41 Å². The maximum atomic E-state index is 12.5. The SMILES string of the molecule is COc1ccc(C(CC(=O)OC(C)(C)C)N/C=C\C(=N)CCCCc2ccc3c(n2)NCCC3)cn1. The van der Waals surface area contributed by atoms with Crippen LogP contribution in [0.5, 0.6) is 5.88 Å². The fourth-order valence-electron chi connectivity index (χ4n) is 4.02. The molecule has 2 aromatic heterocycles. The second-order valence-electron chi connectivity index (χ2n) is 10.1. The Balaban J connectivity index is 1.48. The molecule has 36 heavy (non-hydrogen) atoms. The van der Waals surface area contributed by atoms with Gasteiger partial charge in [-0.1, -0.05) is 12.1 Å². The summed E-state index contributed by atoms with van der Waals surface area (Å²) in [4.78, 5) is 21.4. The molecule has 0 saturated carbocycles. The summed E-state index contributed by atoms with van der Waals surface area (Å²) < 4.78 is 10.6. The molecule has 1 aliphatic rings. The van der Waals surface area contributed by atoms with Crippen molar-refractivity contribution in [1.82, 2.24) is 15.3 Å². The monoisotopic (exact) mass is 493 g/mol. The number of ether oxygens (including phenoxy) is 2. The number of unbranched alkanes of at least 4 members (excludes halogenated alkanes) is 1. The molecule has 0 saturated heterocycles. The molecule has 194 valence electrons. The first-order chi connectivity index (χ1) is 17.2. The van der Waals surface area contributed by atoms with Crippen molar-refractivity contribution in [2.45, 2.75) is 77.4 Å². The number of aryl methyl sites for hydroxylation is 2. The number of nitrogens with one attached hydrogen (secondary N) is 3. The fourth-order valence-corrected chi connectivity index (χ4v) is 4.02. The third-order valence-corrected chi connectivity index (χ3v) is 5.82. The Bertz CT molecular complexity index is 1040. The van der Waals surface area contributed by atoms with Crippen LogP contribution in [0.3, 0.4) is 0 Å². The highest BCUT2D eigenvalue weighted by Crippen LogP contribution is 2.22. The highest BCUT2D eigenvalue weighted by atomic mass is 16.6. The molecule has 0 radical (unpaired) electrons. The van der Waals surface area contributed by atoms with Gasteiger partial charge >= 0.3 is 5.97 Å². The Labute approximate surface area is 214 Å². The average Bonchev–Trinajstić information content (AvgIpc) is 2.85. The molecule has 8 nitrogen and oxygen atoms in total. The summed E-state index contributed by atoms with van der Waals surface area (Å²) in [6.07, 6.45) is 11.1. The predicted molar refractivity (Wildman–Crippen MR) is 143 cm³/mol. The van der Waals surface area contributed by atoms with Crippen molar-refractivity contribution in [2.24, 2.45) is 0 Å². The molecule has 0 aliphatic carbocycles. The van der Waals surface area contributed by atoms with Gasteiger partial charge in [0.05, 0.1) is 19.6 Å². The van der Waals surface area contributed by atoms with Crippen molar-refractivity contribution in [2.75, 3.05) is 19.0 Å². The molecule has 1 unspecified atom stereocenters. The summed E-state index contributed by atoms with van der Waals surface area (Å²) in [6, 6.07) is 7.62. The zero-order valence-electron chi connectivity index (χ0n) is 21.9. The third kappa shape index (κ3) is 8.98. The number of anilines is 1. The Morgan fingerprint density at radius 2 is 2.08 bits per heavy atom. The van der Waals surface area contributed by atoms with Crippen LogP contribution in [-0.2, 0) is 22.4 Å². The summed E-state index contributed by atoms with van der Waals surface area (Å²) in [6.45, 7) is 6.54. The summed E-state index contributed by atoms with van der Waals surface area (Å²) in [7, 11) is 1.56. The minimum atomic E-state index is -0.553. The number of hydrogen-bond acceptors (Lipinski definition) is 8. The lowest BCUT2D eigenvalue weighted by molar-refractivity contribution is -0.155. The Kier molecular flexibility index (Phi) is 9.85. The molecule has 0 bridgehead atoms. The maximum absolute atomic E-state index is 12.5. The second-order valence-corrected chi connectivity index (χ2v) is 10.1. The van der Waals surface area contributed by atoms with Crippen LogP contribution in [0.2, 0.25) is 0 Å². The third-order valence-electron chi connectivity index (χ3n) is 5.82. The Morgan fingerprint density at radius 3 is 2.81 bits per heavy atom. The molecule has 1 atom stereocenters. The Hall–Kier alpha value is -3.42. The van der Waals surface area contributed by atoms with Crippen molar-refractivity contribution >= 4 is 17.5 Å². The number of esters is 1. The molecule has 0 spiro atoms. The van der Waals surface area contributed by atoms with Gasteiger partial charge in [-0.15, -0.1) is 0 Å². The van der Waals surface area contributed by atoms with Gasteiger partial charge in [0.15, 0.2) is 0 Å². The molecule has 0 aromatic carbocycles. The number of carbonyl (C=O) groups excluding carboxylic acids is 1. The fraction of sp³-hybridized carbons (Fsp3) is 0.500. The van der Waals surface area contributed by atoms with Crippen LogP contribution in [0.4, 0.5) is 5.82 Å². The smallest absolute Gasteiger partial charge is 0.308 e. The molecular weight excluding hydrogens is 454 g/mol. The van der Waals surface area contributed by atoms with Gasteiger partial charge in [0.25, 0.3) is 0 Å². The quantitative estimate of drug-likeness (QED) is 0.213. The highest BCUT2D eigenvalue weighted by molar-refractivity contribution is 5.92. The lowest BCUT2D eigenvalue weighted by Gasteiger charge is -2.22. The van der Waals surface area contributed by atoms with E-state index in [9.17, 15) is 4.79 Å². The van der Waals surface area contributed by atoms with Gasteiger partial charge in [-0.05, 0) is 88.8 Å². The highest BCUT2D eigenvalue weighted by Gasteiger charge is 2.21. The van der Waals surface area contributed by atoms with E-state index in [1.165, 1.54) is 5.56 Å². The molecule has 0 amide bonds. The van der Waals surface area contributed by atoms with Gasteiger partial charge in [-0.2, -0.15) is 0 Å². The topological polar surface area (TPSA) is 109 Å². The molecule has 2 aromatic rings. The van der Waals surface area contributed by atoms with Gasteiger partial charge < -0.3 is 25.5 Å². The zero-order valence-corrected chi connectivity index (χ0v) is 21.9. The van der Waals surface area contributed by atoms with Gasteiger partial charge in [0.1, 0.15) is 11.4 Å². The summed E-state index contributed by atoms with van der Waals surface area (Å²) >= 11 is 0. The number of methoxy groups -OCH3 is 1. The number of pyridine rings is 2. The van der Waals surface area contributed by atoms with Crippen molar-refractivity contribution in [3.8, 4) is 5.88 Å². The molecule has 3 heterocycles. The standard InChI is InChI=1S/C28H39N5O3/c1-28(2,3)36-26(34)18-24(21-12-14-25(35-4)32-19-21)30-17-15-22(29)9-5-6-10-23-13-11-20-8-7-16-31-27(20)33-23/h11-15,17,19,24,29-30H,5-10,16,18H2,1-4H3,(H,31,33)/b17-15-,29-22?. The molecular formula is C28H39N5O3. The molecule has 3 rings (SSSR count). The lowest BCUT2D eigenvalue weighted by Crippen LogP contribution is -2.27. The van der Waals surface area contributed by atoms with Crippen LogP contribution >= 0.6 is 0 Å². The largest absolute Gasteiger partial charge is 0.481 e. The van der Waals surface area contributed by atoms with Gasteiger partial charge in [0.2, 0.25) is 5.88 Å². The van der Waals surface area contributed by atoms with E-state index in [1.807, 2.05) is 26.8 Å². The van der Waals surface area contributed by atoms with Gasteiger partial charge in [-0.25, -0.2) is 9.97 Å². The number of allylic oxidation sites excluding steroid dienone is 1. The van der Waals surface area contributed by atoms with Crippen LogP contribution in [0.25, 0.3) is 0 Å². The van der Waals surface area contributed by atoms with Crippen LogP contribution in [0.1, 0.15) is 75.7 Å². The van der Waals surface area contributed by atoms with Crippen LogP contribution in [-0.4, -0.2) is 40.9 Å². The minimum absolute atomic E-state index is 0.144. The number of hydrogen-bond donors (Lipinski definition) is 3. The van der Waals surface area contributed by atoms with E-state index in [2.05, 4.69) is 27.8 Å². The van der Waals surface area contributed by atoms with Gasteiger partial charge in [-0.3, -0.25) is 4.79 Å². The normalized spacial score (nSPS) is 14.0. The summed E-state index contributed by atoms with van der Waals surface area (Å²) in [5.74, 6) is 1.24. The van der Waals surface area contributed by atoms with Crippen LogP contribution < -0.4 is 15.4 Å². The van der Waals surface area contributed by atoms with E-state index < -0.39 is 5.60 Å². The molecule has 8 heteroatoms. The maximum Gasteiger partial charge on any atom is 0.308 e. The molecule has 1 aliphatic heterocycles. The van der Waals surface area contributed by atoms with E-state index >= 15 is 0 Å². The van der Waals surface area contributed by atoms with Crippen molar-refractivity contribution in [1.29, 1.82) is 5.41 Å². The number of rotatable bonds is 12. The summed E-state index contributed by atoms with van der Waals surface area (Å²) in [5, 5.41) is 14.9. The lowest BCUT2D eigenvalue weighted by atomic mass is 10.0. The zero-order chi connectivity index (χ0) is 26.0. The first-order valence-electron chi connectivity index (χ1n) is 12.7. The number of nitrogens with zero attached hydrogens (tertiary/aromatic N) is 2. The van der Waals surface area contributed by atoms with E-state index in [-0.39, 0.29) is 18.4 Å². The Morgan fingerprint density at radius 1 is 1.25 bits per heavy atom. The minimum Gasteiger partial charge on any atom is -0.481 e.